The van der Waals surface area contributed by atoms with Gasteiger partial charge < -0.3 is 10.1 Å². The molecule has 1 fully saturated rings. The summed E-state index contributed by atoms with van der Waals surface area (Å²) in [5.74, 6) is 0.836. The minimum atomic E-state index is -0.374. The third-order valence-corrected chi connectivity index (χ3v) is 5.09. The van der Waals surface area contributed by atoms with E-state index in [4.69, 9.17) is 4.74 Å². The van der Waals surface area contributed by atoms with E-state index in [1.807, 2.05) is 48.5 Å². The summed E-state index contributed by atoms with van der Waals surface area (Å²) in [5, 5.41) is 11.0. The van der Waals surface area contributed by atoms with E-state index in [0.29, 0.717) is 25.3 Å². The first-order valence-corrected chi connectivity index (χ1v) is 9.30. The van der Waals surface area contributed by atoms with Crippen molar-refractivity contribution in [3.63, 3.8) is 0 Å². The lowest BCUT2D eigenvalue weighted by atomic mass is 10.1. The number of ether oxygens (including phenoxy) is 1. The second kappa shape index (κ2) is 7.72. The van der Waals surface area contributed by atoms with Gasteiger partial charge in [-0.05, 0) is 30.2 Å². The normalized spacial score (nSPS) is 16.5. The maximum atomic E-state index is 12.6. The van der Waals surface area contributed by atoms with Crippen molar-refractivity contribution in [2.75, 3.05) is 25.1 Å². The Hall–Kier alpha value is -3.35. The molecule has 3 aromatic rings. The van der Waals surface area contributed by atoms with Gasteiger partial charge >= 0.3 is 0 Å². The monoisotopic (exact) mass is 378 g/mol. The summed E-state index contributed by atoms with van der Waals surface area (Å²) in [6, 6.07) is 15.4. The van der Waals surface area contributed by atoms with Crippen LogP contribution in [0.25, 0.3) is 10.9 Å². The minimum absolute atomic E-state index is 0.0814. The molecule has 1 aliphatic heterocycles. The number of hydrogen-bond acceptors (Lipinski definition) is 4. The first-order valence-electron chi connectivity index (χ1n) is 9.30. The number of hydrogen-bond donors (Lipinski definition) is 2. The van der Waals surface area contributed by atoms with Crippen molar-refractivity contribution in [2.45, 2.75) is 12.8 Å². The molecule has 1 saturated heterocycles. The van der Waals surface area contributed by atoms with Crippen LogP contribution in [-0.2, 0) is 16.0 Å². The molecule has 0 spiro atoms. The quantitative estimate of drug-likeness (QED) is 0.689. The zero-order valence-electron chi connectivity index (χ0n) is 15.6. The van der Waals surface area contributed by atoms with E-state index in [1.54, 1.807) is 12.0 Å². The molecule has 0 bridgehead atoms. The highest BCUT2D eigenvalue weighted by molar-refractivity contribution is 6.05. The fourth-order valence-corrected chi connectivity index (χ4v) is 3.62. The molecule has 144 valence electrons. The van der Waals surface area contributed by atoms with Gasteiger partial charge in [-0.25, -0.2) is 0 Å². The van der Waals surface area contributed by atoms with Crippen LogP contribution in [0.5, 0.6) is 5.75 Å². The molecule has 2 N–H and O–H groups in total. The second-order valence-corrected chi connectivity index (χ2v) is 6.85. The number of H-pyrrole nitrogens is 1. The lowest BCUT2D eigenvalue weighted by Crippen LogP contribution is -2.34. The van der Waals surface area contributed by atoms with E-state index in [1.165, 1.54) is 0 Å². The number of benzene rings is 2. The van der Waals surface area contributed by atoms with Crippen molar-refractivity contribution in [1.82, 2.24) is 15.5 Å². The number of rotatable bonds is 6. The van der Waals surface area contributed by atoms with Crippen LogP contribution in [0.4, 0.5) is 5.82 Å². The number of carbonyl (C=O) groups excluding carboxylic acids is 2. The number of nitrogens with one attached hydrogen (secondary N) is 2. The molecule has 28 heavy (non-hydrogen) atoms. The van der Waals surface area contributed by atoms with Gasteiger partial charge in [0.25, 0.3) is 0 Å². The second-order valence-electron chi connectivity index (χ2n) is 6.85. The molecule has 2 amide bonds. The Kier molecular flexibility index (Phi) is 4.97. The number of aromatic amines is 1. The van der Waals surface area contributed by atoms with E-state index in [0.717, 1.165) is 22.2 Å². The number of para-hydroxylation sites is 2. The Morgan fingerprint density at radius 2 is 2.04 bits per heavy atom. The fourth-order valence-electron chi connectivity index (χ4n) is 3.62. The van der Waals surface area contributed by atoms with E-state index >= 15 is 0 Å². The molecule has 7 nitrogen and oxygen atoms in total. The van der Waals surface area contributed by atoms with Gasteiger partial charge in [-0.1, -0.05) is 30.3 Å². The first kappa shape index (κ1) is 18.0. The highest BCUT2D eigenvalue weighted by atomic mass is 16.5. The lowest BCUT2D eigenvalue weighted by molar-refractivity contribution is -0.126. The van der Waals surface area contributed by atoms with Crippen molar-refractivity contribution in [1.29, 1.82) is 0 Å². The molecule has 0 aliphatic carbocycles. The van der Waals surface area contributed by atoms with Crippen LogP contribution in [0.1, 0.15) is 12.0 Å². The van der Waals surface area contributed by atoms with Crippen LogP contribution in [0.2, 0.25) is 0 Å². The Morgan fingerprint density at radius 1 is 1.25 bits per heavy atom. The smallest absolute Gasteiger partial charge is 0.229 e. The molecule has 1 aliphatic rings. The summed E-state index contributed by atoms with van der Waals surface area (Å²) in [5.41, 5.74) is 1.91. The highest BCUT2D eigenvalue weighted by Gasteiger charge is 2.36. The van der Waals surface area contributed by atoms with E-state index < -0.39 is 0 Å². The molecule has 1 atom stereocenters. The van der Waals surface area contributed by atoms with Crippen molar-refractivity contribution < 1.29 is 14.3 Å². The summed E-state index contributed by atoms with van der Waals surface area (Å²) < 4.78 is 5.33. The van der Waals surface area contributed by atoms with Crippen LogP contribution >= 0.6 is 0 Å². The average Bonchev–Trinajstić information content (AvgIpc) is 3.31. The van der Waals surface area contributed by atoms with Gasteiger partial charge in [0.05, 0.1) is 18.5 Å². The summed E-state index contributed by atoms with van der Waals surface area (Å²) >= 11 is 0. The van der Waals surface area contributed by atoms with E-state index in [9.17, 15) is 9.59 Å². The van der Waals surface area contributed by atoms with Crippen molar-refractivity contribution in [3.05, 3.63) is 54.1 Å². The van der Waals surface area contributed by atoms with E-state index in [-0.39, 0.29) is 24.2 Å². The van der Waals surface area contributed by atoms with Gasteiger partial charge in [0, 0.05) is 24.9 Å². The third kappa shape index (κ3) is 3.43. The standard InChI is InChI=1S/C21H22N4O3/c1-28-18-9-5-2-6-14(18)10-11-22-21(27)15-12-19(26)25(13-15)20-16-7-3-4-8-17(16)23-24-20/h2-9,15H,10-13H2,1H3,(H,22,27)(H,23,24)/t15-/m0/s1. The molecule has 2 aromatic carbocycles. The van der Waals surface area contributed by atoms with Gasteiger partial charge in [0.2, 0.25) is 11.8 Å². The van der Waals surface area contributed by atoms with E-state index in [2.05, 4.69) is 15.5 Å². The van der Waals surface area contributed by atoms with Gasteiger partial charge in [-0.15, -0.1) is 0 Å². The molecule has 7 heteroatoms. The summed E-state index contributed by atoms with van der Waals surface area (Å²) in [7, 11) is 1.63. The summed E-state index contributed by atoms with van der Waals surface area (Å²) in [4.78, 5) is 26.7. The molecule has 2 heterocycles. The van der Waals surface area contributed by atoms with Crippen LogP contribution in [0.15, 0.2) is 48.5 Å². The number of anilines is 1. The number of carbonyl (C=O) groups is 2. The highest BCUT2D eigenvalue weighted by Crippen LogP contribution is 2.29. The number of amides is 2. The SMILES string of the molecule is COc1ccccc1CCNC(=O)[C@H]1CC(=O)N(c2n[nH]c3ccccc23)C1. The van der Waals surface area contributed by atoms with Crippen LogP contribution in [0.3, 0.4) is 0 Å². The molecule has 4 rings (SSSR count). The lowest BCUT2D eigenvalue weighted by Gasteiger charge is -2.14. The molecule has 0 radical (unpaired) electrons. The molecular weight excluding hydrogens is 356 g/mol. The van der Waals surface area contributed by atoms with Gasteiger partial charge in [0.1, 0.15) is 5.75 Å². The van der Waals surface area contributed by atoms with Crippen molar-refractivity contribution >= 4 is 28.5 Å². The Morgan fingerprint density at radius 3 is 2.89 bits per heavy atom. The minimum Gasteiger partial charge on any atom is -0.496 e. The first-order chi connectivity index (χ1) is 13.7. The molecule has 0 unspecified atom stereocenters. The van der Waals surface area contributed by atoms with Gasteiger partial charge in [-0.3, -0.25) is 19.6 Å². The van der Waals surface area contributed by atoms with Crippen LogP contribution < -0.4 is 15.0 Å². The zero-order chi connectivity index (χ0) is 19.5. The predicted octanol–water partition coefficient (Wildman–Crippen LogP) is 2.28. The maximum Gasteiger partial charge on any atom is 0.229 e. The molecule has 1 aromatic heterocycles. The Labute approximate surface area is 162 Å². The zero-order valence-corrected chi connectivity index (χ0v) is 15.6. The largest absolute Gasteiger partial charge is 0.496 e. The van der Waals surface area contributed by atoms with Crippen LogP contribution in [-0.4, -0.2) is 42.2 Å². The number of fused-ring (bicyclic) bond motifs is 1. The number of aromatic nitrogens is 2. The van der Waals surface area contributed by atoms with Gasteiger partial charge in [-0.2, -0.15) is 5.10 Å². The topological polar surface area (TPSA) is 87.3 Å². The molecule has 0 saturated carbocycles. The predicted molar refractivity (Wildman–Crippen MR) is 106 cm³/mol. The maximum absolute atomic E-state index is 12.6. The average molecular weight is 378 g/mol. The number of methoxy groups -OCH3 is 1. The fraction of sp³-hybridized carbons (Fsp3) is 0.286. The summed E-state index contributed by atoms with van der Waals surface area (Å²) in [6.45, 7) is 0.837. The van der Waals surface area contributed by atoms with Crippen molar-refractivity contribution in [3.8, 4) is 5.75 Å². The molecular formula is C21H22N4O3. The summed E-state index contributed by atoms with van der Waals surface area (Å²) in [6.07, 6.45) is 0.867. The van der Waals surface area contributed by atoms with Crippen molar-refractivity contribution in [2.24, 2.45) is 5.92 Å². The van der Waals surface area contributed by atoms with Crippen LogP contribution in [0, 0.1) is 5.92 Å². The van der Waals surface area contributed by atoms with Gasteiger partial charge in [0.15, 0.2) is 5.82 Å². The third-order valence-electron chi connectivity index (χ3n) is 5.09. The Bertz CT molecular complexity index is 1010. The number of nitrogens with zero attached hydrogens (tertiary/aromatic N) is 2. The Balaban J connectivity index is 1.38.